The van der Waals surface area contributed by atoms with Crippen LogP contribution in [-0.4, -0.2) is 39.4 Å². The van der Waals surface area contributed by atoms with Crippen LogP contribution in [0.15, 0.2) is 44.8 Å². The quantitative estimate of drug-likeness (QED) is 0.663. The van der Waals surface area contributed by atoms with Crippen molar-refractivity contribution in [1.82, 2.24) is 5.32 Å². The van der Waals surface area contributed by atoms with Gasteiger partial charge in [-0.1, -0.05) is 11.7 Å². The second-order valence-corrected chi connectivity index (χ2v) is 4.23. The first-order valence-corrected chi connectivity index (χ1v) is 6.42. The first-order valence-electron chi connectivity index (χ1n) is 6.42. The van der Waals surface area contributed by atoms with Crippen molar-refractivity contribution >= 4 is 18.1 Å². The second kappa shape index (κ2) is 7.16. The smallest absolute Gasteiger partial charge is 0.365 e. The standard InChI is InChI=1S/C14H15N5O4/c1-8-13(16-14(20)19-17-8)18-15-7-9-5-10(21-2)12(23-4)11(6-9)22-3/h5-7H,1H2,2-4H3,(H,16,18,20)/b15-7+. The lowest BCUT2D eigenvalue weighted by atomic mass is 10.2. The summed E-state index contributed by atoms with van der Waals surface area (Å²) in [5.41, 5.74) is 0.880. The molecule has 2 rings (SSSR count). The maximum Gasteiger partial charge on any atom is 0.365 e. The Hall–Kier alpha value is -3.23. The lowest BCUT2D eigenvalue weighted by Crippen LogP contribution is -2.31. The highest BCUT2D eigenvalue weighted by atomic mass is 16.5. The van der Waals surface area contributed by atoms with E-state index in [-0.39, 0.29) is 11.5 Å². The normalized spacial score (nSPS) is 15.9. The molecule has 0 saturated heterocycles. The molecule has 23 heavy (non-hydrogen) atoms. The van der Waals surface area contributed by atoms with E-state index in [1.165, 1.54) is 27.5 Å². The third-order valence-corrected chi connectivity index (χ3v) is 2.81. The molecule has 0 radical (unpaired) electrons. The van der Waals surface area contributed by atoms with Crippen molar-refractivity contribution < 1.29 is 19.0 Å². The molecular formula is C14H15N5O4. The van der Waals surface area contributed by atoms with E-state index in [0.29, 0.717) is 22.8 Å². The number of amidine groups is 1. The highest BCUT2D eigenvalue weighted by Crippen LogP contribution is 2.37. The zero-order valence-corrected chi connectivity index (χ0v) is 12.9. The molecule has 120 valence electrons. The van der Waals surface area contributed by atoms with Gasteiger partial charge in [0.1, 0.15) is 5.70 Å². The molecule has 1 aromatic carbocycles. The molecule has 0 aliphatic carbocycles. The summed E-state index contributed by atoms with van der Waals surface area (Å²) in [5.74, 6) is 1.59. The number of hydrogen-bond acceptors (Lipinski definition) is 7. The van der Waals surface area contributed by atoms with Crippen molar-refractivity contribution in [2.75, 3.05) is 21.3 Å². The number of urea groups is 1. The third kappa shape index (κ3) is 3.70. The van der Waals surface area contributed by atoms with Gasteiger partial charge in [0.05, 0.1) is 27.5 Å². The molecule has 0 fully saturated rings. The number of carbonyl (C=O) groups excluding carboxylic acids is 1. The van der Waals surface area contributed by atoms with Gasteiger partial charge in [-0.25, -0.2) is 4.79 Å². The number of hydrogen-bond donors (Lipinski definition) is 1. The van der Waals surface area contributed by atoms with Gasteiger partial charge >= 0.3 is 6.03 Å². The Labute approximate surface area is 132 Å². The molecule has 0 aromatic heterocycles. The fourth-order valence-corrected chi connectivity index (χ4v) is 1.76. The van der Waals surface area contributed by atoms with Crippen LogP contribution in [0.2, 0.25) is 0 Å². The monoisotopic (exact) mass is 317 g/mol. The van der Waals surface area contributed by atoms with Gasteiger partial charge in [-0.3, -0.25) is 5.32 Å². The number of amides is 2. The van der Waals surface area contributed by atoms with Gasteiger partial charge in [-0.15, -0.1) is 10.2 Å². The minimum absolute atomic E-state index is 0.133. The van der Waals surface area contributed by atoms with E-state index < -0.39 is 6.03 Å². The number of nitrogens with zero attached hydrogens (tertiary/aromatic N) is 4. The third-order valence-electron chi connectivity index (χ3n) is 2.81. The molecular weight excluding hydrogens is 302 g/mol. The van der Waals surface area contributed by atoms with Crippen molar-refractivity contribution in [1.29, 1.82) is 0 Å². The van der Waals surface area contributed by atoms with Crippen molar-refractivity contribution in [2.45, 2.75) is 0 Å². The maximum atomic E-state index is 11.1. The number of carbonyl (C=O) groups is 1. The molecule has 1 heterocycles. The number of benzene rings is 1. The molecule has 1 aliphatic rings. The summed E-state index contributed by atoms with van der Waals surface area (Å²) < 4.78 is 15.7. The van der Waals surface area contributed by atoms with Crippen LogP contribution >= 0.6 is 0 Å². The van der Waals surface area contributed by atoms with Crippen LogP contribution in [0.1, 0.15) is 5.56 Å². The predicted octanol–water partition coefficient (Wildman–Crippen LogP) is 2.13. The van der Waals surface area contributed by atoms with Crippen LogP contribution in [-0.2, 0) is 0 Å². The Morgan fingerprint density at radius 1 is 1.13 bits per heavy atom. The van der Waals surface area contributed by atoms with E-state index in [9.17, 15) is 4.79 Å². The van der Waals surface area contributed by atoms with Crippen LogP contribution in [0.25, 0.3) is 0 Å². The van der Waals surface area contributed by atoms with Crippen LogP contribution in [0.5, 0.6) is 17.2 Å². The van der Waals surface area contributed by atoms with Gasteiger partial charge < -0.3 is 14.2 Å². The Morgan fingerprint density at radius 3 is 2.35 bits per heavy atom. The average Bonchev–Trinajstić information content (AvgIpc) is 2.56. The minimum atomic E-state index is -0.626. The maximum absolute atomic E-state index is 11.1. The Kier molecular flexibility index (Phi) is 5.03. The Balaban J connectivity index is 2.27. The van der Waals surface area contributed by atoms with Gasteiger partial charge in [-0.2, -0.15) is 5.10 Å². The van der Waals surface area contributed by atoms with Gasteiger partial charge in [-0.05, 0) is 12.1 Å². The van der Waals surface area contributed by atoms with E-state index in [1.54, 1.807) is 12.1 Å². The molecule has 2 amide bonds. The Morgan fingerprint density at radius 2 is 1.78 bits per heavy atom. The zero-order valence-electron chi connectivity index (χ0n) is 12.9. The molecule has 1 aliphatic heterocycles. The number of nitrogens with one attached hydrogen (secondary N) is 1. The largest absolute Gasteiger partial charge is 0.493 e. The summed E-state index contributed by atoms with van der Waals surface area (Å²) in [4.78, 5) is 11.1. The lowest BCUT2D eigenvalue weighted by Gasteiger charge is -2.12. The van der Waals surface area contributed by atoms with Gasteiger partial charge in [0, 0.05) is 5.56 Å². The second-order valence-electron chi connectivity index (χ2n) is 4.23. The van der Waals surface area contributed by atoms with Crippen molar-refractivity contribution in [3.05, 3.63) is 30.0 Å². The molecule has 1 aromatic rings. The Bertz CT molecular complexity index is 699. The number of methoxy groups -OCH3 is 3. The van der Waals surface area contributed by atoms with Gasteiger partial charge in [0.25, 0.3) is 0 Å². The highest BCUT2D eigenvalue weighted by molar-refractivity contribution is 6.08. The van der Waals surface area contributed by atoms with Crippen molar-refractivity contribution in [3.8, 4) is 17.2 Å². The van der Waals surface area contributed by atoms with Gasteiger partial charge in [0.15, 0.2) is 17.3 Å². The summed E-state index contributed by atoms with van der Waals surface area (Å²) in [6.07, 6.45) is 1.46. The SMILES string of the molecule is C=C1N=NC(=O)N/C1=N/N=C/c1cc(OC)c(OC)c(OC)c1. The number of ether oxygens (including phenoxy) is 3. The summed E-state index contributed by atoms with van der Waals surface area (Å²) in [5, 5.41) is 17.0. The average molecular weight is 317 g/mol. The molecule has 0 bridgehead atoms. The van der Waals surface area contributed by atoms with E-state index in [4.69, 9.17) is 14.2 Å². The predicted molar refractivity (Wildman–Crippen MR) is 83.7 cm³/mol. The van der Waals surface area contributed by atoms with Gasteiger partial charge in [0.2, 0.25) is 5.75 Å². The summed E-state index contributed by atoms with van der Waals surface area (Å²) in [6, 6.07) is 2.79. The first-order chi connectivity index (χ1) is 11.1. The zero-order chi connectivity index (χ0) is 16.8. The molecule has 1 N–H and O–H groups in total. The lowest BCUT2D eigenvalue weighted by molar-refractivity contribution is 0.251. The molecule has 9 heteroatoms. The summed E-state index contributed by atoms with van der Waals surface area (Å²) in [6.45, 7) is 3.60. The van der Waals surface area contributed by atoms with Crippen molar-refractivity contribution in [3.63, 3.8) is 0 Å². The van der Waals surface area contributed by atoms with Crippen LogP contribution in [0.3, 0.4) is 0 Å². The molecule has 9 nitrogen and oxygen atoms in total. The summed E-state index contributed by atoms with van der Waals surface area (Å²) >= 11 is 0. The molecule has 0 unspecified atom stereocenters. The molecule has 0 saturated carbocycles. The van der Waals surface area contributed by atoms with Crippen LogP contribution in [0.4, 0.5) is 4.79 Å². The first kappa shape index (κ1) is 16.1. The fraction of sp³-hybridized carbons (Fsp3) is 0.214. The number of azo groups is 1. The van der Waals surface area contributed by atoms with Crippen molar-refractivity contribution in [2.24, 2.45) is 20.4 Å². The van der Waals surface area contributed by atoms with E-state index in [0.717, 1.165) is 0 Å². The van der Waals surface area contributed by atoms with E-state index >= 15 is 0 Å². The topological polar surface area (TPSA) is 106 Å². The summed E-state index contributed by atoms with van der Waals surface area (Å²) in [7, 11) is 4.56. The highest BCUT2D eigenvalue weighted by Gasteiger charge is 2.14. The molecule has 0 atom stereocenters. The van der Waals surface area contributed by atoms with E-state index in [2.05, 4.69) is 32.3 Å². The van der Waals surface area contributed by atoms with Crippen LogP contribution in [0, 0.1) is 0 Å². The number of rotatable bonds is 5. The van der Waals surface area contributed by atoms with E-state index in [1.807, 2.05) is 0 Å². The van der Waals surface area contributed by atoms with Crippen LogP contribution < -0.4 is 19.5 Å². The molecule has 0 spiro atoms. The minimum Gasteiger partial charge on any atom is -0.493 e. The fourth-order valence-electron chi connectivity index (χ4n) is 1.76.